The highest BCUT2D eigenvalue weighted by Gasteiger charge is 2.36. The molecule has 1 N–H and O–H groups in total. The first kappa shape index (κ1) is 12.5. The van der Waals surface area contributed by atoms with E-state index in [0.717, 1.165) is 32.1 Å². The molecule has 1 aliphatic rings. The van der Waals surface area contributed by atoms with Crippen LogP contribution in [-0.2, 0) is 0 Å². The fourth-order valence-electron chi connectivity index (χ4n) is 2.45. The second kappa shape index (κ2) is 4.70. The van der Waals surface area contributed by atoms with Crippen LogP contribution in [-0.4, -0.2) is 33.6 Å². The van der Waals surface area contributed by atoms with Crippen LogP contribution >= 0.6 is 0 Å². The molecule has 17 heavy (non-hydrogen) atoms. The molecule has 0 spiro atoms. The summed E-state index contributed by atoms with van der Waals surface area (Å²) in [7, 11) is 0. The first-order valence-corrected chi connectivity index (χ1v) is 6.05. The van der Waals surface area contributed by atoms with Gasteiger partial charge in [0, 0.05) is 17.3 Å². The minimum Gasteiger partial charge on any atom is -0.386 e. The molecule has 1 aromatic heterocycles. The zero-order chi connectivity index (χ0) is 12.5. The molecule has 0 aliphatic carbocycles. The average Bonchev–Trinajstić information content (AvgIpc) is 2.82. The molecule has 0 amide bonds. The average molecular weight is 238 g/mol. The van der Waals surface area contributed by atoms with Crippen LogP contribution in [0.4, 0.5) is 4.39 Å². The first-order chi connectivity index (χ1) is 8.01. The Balaban J connectivity index is 2.20. The summed E-state index contributed by atoms with van der Waals surface area (Å²) in [6, 6.07) is 1.36. The van der Waals surface area contributed by atoms with Crippen molar-refractivity contribution >= 4 is 0 Å². The molecule has 2 rings (SSSR count). The summed E-state index contributed by atoms with van der Waals surface area (Å²) in [5.41, 5.74) is 0.160. The van der Waals surface area contributed by atoms with Crippen LogP contribution in [0, 0.1) is 5.82 Å². The fourth-order valence-corrected chi connectivity index (χ4v) is 2.45. The molecule has 2 heterocycles. The van der Waals surface area contributed by atoms with Crippen LogP contribution < -0.4 is 0 Å². The molecule has 1 unspecified atom stereocenters. The summed E-state index contributed by atoms with van der Waals surface area (Å²) in [5.74, 6) is -0.404. The Hall–Kier alpha value is -1.00. The zero-order valence-corrected chi connectivity index (χ0v) is 10.4. The fraction of sp³-hybridized carbons (Fsp3) is 0.615. The molecule has 0 radical (unpaired) electrons. The highest BCUT2D eigenvalue weighted by atomic mass is 19.1. The number of rotatable bonds is 3. The molecule has 1 aromatic rings. The maximum Gasteiger partial charge on any atom is 0.141 e. The van der Waals surface area contributed by atoms with Gasteiger partial charge in [-0.15, -0.1) is 0 Å². The third kappa shape index (κ3) is 2.48. The lowest BCUT2D eigenvalue weighted by atomic mass is 9.90. The van der Waals surface area contributed by atoms with E-state index in [0.29, 0.717) is 5.56 Å². The summed E-state index contributed by atoms with van der Waals surface area (Å²) in [6.07, 6.45) is 4.29. The van der Waals surface area contributed by atoms with Gasteiger partial charge in [0.25, 0.3) is 0 Å². The monoisotopic (exact) mass is 238 g/mol. The minimum absolute atomic E-state index is 0.383. The normalized spacial score (nSPS) is 19.5. The predicted molar refractivity (Wildman–Crippen MR) is 64.0 cm³/mol. The number of aliphatic hydroxyl groups is 1. The van der Waals surface area contributed by atoms with Crippen molar-refractivity contribution in [1.82, 2.24) is 9.88 Å². The Labute approximate surface area is 101 Å². The van der Waals surface area contributed by atoms with Gasteiger partial charge in [0.05, 0.1) is 12.3 Å². The van der Waals surface area contributed by atoms with Gasteiger partial charge in [-0.3, -0.25) is 9.88 Å². The number of likely N-dealkylation sites (tertiary alicyclic amines) is 1. The summed E-state index contributed by atoms with van der Waals surface area (Å²) < 4.78 is 13.1. The molecule has 1 fully saturated rings. The molecule has 3 nitrogen and oxygen atoms in total. The van der Waals surface area contributed by atoms with Gasteiger partial charge in [0.2, 0.25) is 0 Å². The van der Waals surface area contributed by atoms with Crippen molar-refractivity contribution in [2.45, 2.75) is 38.3 Å². The molecule has 1 atom stereocenters. The molecule has 4 heteroatoms. The van der Waals surface area contributed by atoms with Gasteiger partial charge < -0.3 is 5.11 Å². The summed E-state index contributed by atoms with van der Waals surface area (Å²) in [6.45, 7) is 5.97. The van der Waals surface area contributed by atoms with Gasteiger partial charge in [-0.25, -0.2) is 4.39 Å². The van der Waals surface area contributed by atoms with Crippen molar-refractivity contribution in [1.29, 1.82) is 0 Å². The Kier molecular flexibility index (Phi) is 3.45. The second-order valence-corrected chi connectivity index (χ2v) is 5.19. The molecule has 0 aromatic carbocycles. The van der Waals surface area contributed by atoms with Gasteiger partial charge in [-0.05, 0) is 45.8 Å². The molecule has 1 aliphatic heterocycles. The van der Waals surface area contributed by atoms with Crippen LogP contribution in [0.3, 0.4) is 0 Å². The number of aliphatic hydroxyl groups excluding tert-OH is 1. The van der Waals surface area contributed by atoms with Crippen LogP contribution in [0.15, 0.2) is 18.5 Å². The Morgan fingerprint density at radius 1 is 1.35 bits per heavy atom. The van der Waals surface area contributed by atoms with Crippen molar-refractivity contribution in [3.63, 3.8) is 0 Å². The van der Waals surface area contributed by atoms with E-state index in [1.807, 2.05) is 13.8 Å². The lowest BCUT2D eigenvalue weighted by Crippen LogP contribution is -2.46. The lowest BCUT2D eigenvalue weighted by Gasteiger charge is -2.39. The van der Waals surface area contributed by atoms with Crippen LogP contribution in [0.1, 0.15) is 38.4 Å². The molecular weight excluding hydrogens is 219 g/mol. The maximum absolute atomic E-state index is 13.1. The summed E-state index contributed by atoms with van der Waals surface area (Å²) in [5, 5.41) is 10.4. The third-order valence-corrected chi connectivity index (χ3v) is 3.63. The number of pyridine rings is 1. The highest BCUT2D eigenvalue weighted by Crippen LogP contribution is 2.33. The van der Waals surface area contributed by atoms with Crippen LogP contribution in [0.2, 0.25) is 0 Å². The van der Waals surface area contributed by atoms with E-state index < -0.39 is 11.9 Å². The van der Waals surface area contributed by atoms with Gasteiger partial charge in [-0.2, -0.15) is 0 Å². The number of nitrogens with zero attached hydrogens (tertiary/aromatic N) is 2. The minimum atomic E-state index is -0.719. The van der Waals surface area contributed by atoms with Gasteiger partial charge in [0.15, 0.2) is 0 Å². The van der Waals surface area contributed by atoms with Crippen molar-refractivity contribution in [3.8, 4) is 0 Å². The Morgan fingerprint density at radius 2 is 2.00 bits per heavy atom. The van der Waals surface area contributed by atoms with E-state index in [9.17, 15) is 9.50 Å². The van der Waals surface area contributed by atoms with E-state index >= 15 is 0 Å². The number of halogens is 1. The van der Waals surface area contributed by atoms with E-state index in [2.05, 4.69) is 9.88 Å². The van der Waals surface area contributed by atoms with E-state index in [1.54, 1.807) is 0 Å². The number of hydrogen-bond donors (Lipinski definition) is 1. The smallest absolute Gasteiger partial charge is 0.141 e. The van der Waals surface area contributed by atoms with Gasteiger partial charge in [-0.1, -0.05) is 0 Å². The maximum atomic E-state index is 13.1. The largest absolute Gasteiger partial charge is 0.386 e. The Morgan fingerprint density at radius 3 is 2.59 bits per heavy atom. The van der Waals surface area contributed by atoms with Crippen molar-refractivity contribution in [2.24, 2.45) is 0 Å². The van der Waals surface area contributed by atoms with Gasteiger partial charge >= 0.3 is 0 Å². The predicted octanol–water partition coefficient (Wildman–Crippen LogP) is 2.13. The zero-order valence-electron chi connectivity index (χ0n) is 10.4. The molecule has 1 saturated heterocycles. The van der Waals surface area contributed by atoms with E-state index in [1.165, 1.54) is 12.3 Å². The number of aromatic nitrogens is 1. The van der Waals surface area contributed by atoms with Crippen LogP contribution in [0.25, 0.3) is 0 Å². The number of hydrogen-bond acceptors (Lipinski definition) is 3. The summed E-state index contributed by atoms with van der Waals surface area (Å²) in [4.78, 5) is 6.04. The van der Waals surface area contributed by atoms with Gasteiger partial charge in [0.1, 0.15) is 5.82 Å². The summed E-state index contributed by atoms with van der Waals surface area (Å²) >= 11 is 0. The molecule has 0 bridgehead atoms. The second-order valence-electron chi connectivity index (χ2n) is 5.19. The lowest BCUT2D eigenvalue weighted by molar-refractivity contribution is 0.000967. The molecule has 94 valence electrons. The van der Waals surface area contributed by atoms with E-state index in [4.69, 9.17) is 0 Å². The SMILES string of the molecule is CC(C)(C(O)c1cncc(F)c1)N1CCCC1. The Bertz CT molecular complexity index is 389. The van der Waals surface area contributed by atoms with Crippen molar-refractivity contribution in [3.05, 3.63) is 29.8 Å². The molecular formula is C13H19FN2O. The van der Waals surface area contributed by atoms with Crippen molar-refractivity contribution in [2.75, 3.05) is 13.1 Å². The quantitative estimate of drug-likeness (QED) is 0.876. The third-order valence-electron chi connectivity index (χ3n) is 3.63. The first-order valence-electron chi connectivity index (χ1n) is 6.05. The van der Waals surface area contributed by atoms with Crippen molar-refractivity contribution < 1.29 is 9.50 Å². The molecule has 0 saturated carbocycles. The van der Waals surface area contributed by atoms with E-state index in [-0.39, 0.29) is 5.54 Å². The topological polar surface area (TPSA) is 36.4 Å². The highest BCUT2D eigenvalue weighted by molar-refractivity contribution is 5.17. The standard InChI is InChI=1S/C13H19FN2O/c1-13(2,16-5-3-4-6-16)12(17)10-7-11(14)9-15-8-10/h7-9,12,17H,3-6H2,1-2H3. The van der Waals surface area contributed by atoms with Crippen LogP contribution in [0.5, 0.6) is 0 Å².